The number of hydrogen-bond acceptors (Lipinski definition) is 2. The maximum Gasteiger partial charge on any atom is 0.121 e. The minimum atomic E-state index is -0.815. The molecule has 2 nitrogen and oxygen atoms in total. The quantitative estimate of drug-likeness (QED) is 0.452. The van der Waals surface area contributed by atoms with Crippen molar-refractivity contribution in [3.8, 4) is 0 Å². The average molecular weight is 130 g/mol. The van der Waals surface area contributed by atoms with Crippen LogP contribution >= 0.6 is 0 Å². The fourth-order valence-electron chi connectivity index (χ4n) is 0.548. The van der Waals surface area contributed by atoms with Crippen LogP contribution in [0.2, 0.25) is 0 Å². The van der Waals surface area contributed by atoms with E-state index in [-0.39, 0.29) is 11.2 Å². The monoisotopic (exact) mass is 130 g/mol. The highest BCUT2D eigenvalue weighted by molar-refractivity contribution is 6.19. The summed E-state index contributed by atoms with van der Waals surface area (Å²) in [5.74, 6) is 0. The van der Waals surface area contributed by atoms with Gasteiger partial charge in [-0.15, -0.1) is 0 Å². The lowest BCUT2D eigenvalue weighted by atomic mass is 9.90. The van der Waals surface area contributed by atoms with Crippen LogP contribution in [-0.4, -0.2) is 20.2 Å². The molecule has 1 fully saturated rings. The average Bonchev–Trinajstić information content (AvgIpc) is 1.73. The Hall–Kier alpha value is -0.0151. The molecule has 1 radical (unpaired) electrons. The van der Waals surface area contributed by atoms with Crippen molar-refractivity contribution in [3.05, 3.63) is 0 Å². The summed E-state index contributed by atoms with van der Waals surface area (Å²) in [6, 6.07) is 0. The Labute approximate surface area is 58.2 Å². The number of hydrogen-bond donors (Lipinski definition) is 0. The minimum absolute atomic E-state index is 0.348. The van der Waals surface area contributed by atoms with Crippen molar-refractivity contribution in [2.45, 2.75) is 38.9 Å². The third-order valence-corrected chi connectivity index (χ3v) is 2.14. The molecule has 0 amide bonds. The smallest absolute Gasteiger partial charge is 0.121 e. The van der Waals surface area contributed by atoms with Crippen molar-refractivity contribution < 1.29 is 9.31 Å². The standard InChI is InChI=1S/C6H13BO2/c1-5(2)6(3,4)9-7-8-5/h7H,1-4H3/q-1/i7T. The van der Waals surface area contributed by atoms with Gasteiger partial charge in [0.25, 0.3) is 0 Å². The lowest BCUT2D eigenvalue weighted by Crippen LogP contribution is -2.41. The van der Waals surface area contributed by atoms with E-state index in [0.29, 0.717) is 0 Å². The van der Waals surface area contributed by atoms with E-state index in [1.807, 2.05) is 27.7 Å². The molecule has 3 heteroatoms. The molecular weight excluding hydrogens is 115 g/mol. The van der Waals surface area contributed by atoms with Crippen molar-refractivity contribution in [3.63, 3.8) is 0 Å². The summed E-state index contributed by atoms with van der Waals surface area (Å²) in [6.07, 6.45) is 0. The van der Waals surface area contributed by atoms with E-state index in [1.165, 1.54) is 0 Å². The van der Waals surface area contributed by atoms with Gasteiger partial charge in [-0.05, 0) is 27.7 Å². The Morgan fingerprint density at radius 1 is 1.11 bits per heavy atom. The van der Waals surface area contributed by atoms with Gasteiger partial charge in [0.2, 0.25) is 0 Å². The number of rotatable bonds is 0. The Kier molecular flexibility index (Phi) is 1.11. The maximum atomic E-state index is 7.20. The van der Waals surface area contributed by atoms with Gasteiger partial charge in [-0.2, -0.15) is 1.34 Å². The Balaban J connectivity index is 2.78. The van der Waals surface area contributed by atoms with Crippen LogP contribution in [0.3, 0.4) is 0 Å². The van der Waals surface area contributed by atoms with Gasteiger partial charge in [0, 0.05) is 11.2 Å². The second kappa shape index (κ2) is 1.73. The van der Waals surface area contributed by atoms with E-state index in [0.717, 1.165) is 0 Å². The van der Waals surface area contributed by atoms with E-state index < -0.39 is 7.65 Å². The molecule has 1 aliphatic heterocycles. The fourth-order valence-corrected chi connectivity index (χ4v) is 0.548. The van der Waals surface area contributed by atoms with Crippen molar-refractivity contribution in [1.82, 2.24) is 0 Å². The van der Waals surface area contributed by atoms with E-state index in [9.17, 15) is 0 Å². The van der Waals surface area contributed by atoms with Crippen LogP contribution in [0, 0.1) is 0 Å². The SMILES string of the molecule is [3H][B-]1OC(C)(C)C(C)(C)O1. The molecule has 0 saturated carbocycles. The van der Waals surface area contributed by atoms with Crippen LogP contribution in [0.1, 0.15) is 27.7 Å². The van der Waals surface area contributed by atoms with Crippen LogP contribution in [0.25, 0.3) is 0 Å². The summed E-state index contributed by atoms with van der Waals surface area (Å²) in [4.78, 5) is 0. The van der Waals surface area contributed by atoms with Crippen molar-refractivity contribution >= 4 is 7.65 Å². The van der Waals surface area contributed by atoms with Crippen LogP contribution in [-0.2, 0) is 9.31 Å². The zero-order valence-electron chi connectivity index (χ0n) is 7.39. The molecule has 0 aliphatic carbocycles. The van der Waals surface area contributed by atoms with Gasteiger partial charge in [-0.25, -0.2) is 0 Å². The summed E-state index contributed by atoms with van der Waals surface area (Å²) in [7, 11) is -0.815. The molecule has 0 aromatic carbocycles. The summed E-state index contributed by atoms with van der Waals surface area (Å²) in [5.41, 5.74) is -0.696. The molecular formula is C6H13BO2-. The van der Waals surface area contributed by atoms with Gasteiger partial charge in [0.1, 0.15) is 7.65 Å². The van der Waals surface area contributed by atoms with Gasteiger partial charge in [-0.3, -0.25) is 0 Å². The van der Waals surface area contributed by atoms with Gasteiger partial charge < -0.3 is 9.31 Å². The minimum Gasteiger partial charge on any atom is -0.587 e. The first-order chi connectivity index (χ1) is 4.35. The first-order valence-electron chi connectivity index (χ1n) is 3.71. The Bertz CT molecular complexity index is 131. The summed E-state index contributed by atoms with van der Waals surface area (Å²) >= 11 is 0. The highest BCUT2D eigenvalue weighted by Gasteiger charge is 2.37. The molecule has 0 unspecified atom stereocenters. The molecule has 1 rings (SSSR count). The van der Waals surface area contributed by atoms with Crippen molar-refractivity contribution in [1.29, 1.82) is 1.34 Å². The summed E-state index contributed by atoms with van der Waals surface area (Å²) in [6.45, 7) is 7.73. The first-order valence-corrected chi connectivity index (χ1v) is 3.13. The fraction of sp³-hybridized carbons (Fsp3) is 1.00. The van der Waals surface area contributed by atoms with E-state index in [1.54, 1.807) is 0 Å². The second-order valence-corrected chi connectivity index (χ2v) is 3.35. The maximum absolute atomic E-state index is 7.20. The lowest BCUT2D eigenvalue weighted by Gasteiger charge is -2.37. The molecule has 1 heterocycles. The van der Waals surface area contributed by atoms with Crippen LogP contribution in [0.4, 0.5) is 0 Å². The first kappa shape index (κ1) is 5.75. The third-order valence-electron chi connectivity index (χ3n) is 2.14. The summed E-state index contributed by atoms with van der Waals surface area (Å²) < 4.78 is 17.6. The molecule has 1 saturated heterocycles. The van der Waals surface area contributed by atoms with Gasteiger partial charge >= 0.3 is 0 Å². The zero-order chi connectivity index (χ0) is 7.99. The zero-order valence-corrected chi connectivity index (χ0v) is 6.39. The molecule has 0 N–H and O–H groups in total. The molecule has 1 aliphatic rings. The van der Waals surface area contributed by atoms with E-state index in [2.05, 4.69) is 0 Å². The molecule has 0 atom stereocenters. The van der Waals surface area contributed by atoms with Crippen molar-refractivity contribution in [2.75, 3.05) is 0 Å². The van der Waals surface area contributed by atoms with Gasteiger partial charge in [0.05, 0.1) is 0 Å². The lowest BCUT2D eigenvalue weighted by molar-refractivity contribution is 0.00578. The van der Waals surface area contributed by atoms with E-state index >= 15 is 0 Å². The molecule has 0 bridgehead atoms. The van der Waals surface area contributed by atoms with Crippen LogP contribution < -0.4 is 0 Å². The predicted octanol–water partition coefficient (Wildman–Crippen LogP) is 0.857. The highest BCUT2D eigenvalue weighted by atomic mass is 16.7. The predicted molar refractivity (Wildman–Crippen MR) is 37.5 cm³/mol. The topological polar surface area (TPSA) is 18.5 Å². The molecule has 53 valence electrons. The van der Waals surface area contributed by atoms with Gasteiger partial charge in [-0.1, -0.05) is 0 Å². The normalized spacial score (nSPS) is 34.4. The Morgan fingerprint density at radius 3 is 1.56 bits per heavy atom. The van der Waals surface area contributed by atoms with Gasteiger partial charge in [0.15, 0.2) is 0 Å². The van der Waals surface area contributed by atoms with Crippen LogP contribution in [0.15, 0.2) is 0 Å². The molecule has 0 aromatic rings. The largest absolute Gasteiger partial charge is 0.587 e. The summed E-state index contributed by atoms with van der Waals surface area (Å²) in [5, 5.41) is 0. The highest BCUT2D eigenvalue weighted by Crippen LogP contribution is 2.33. The molecule has 0 spiro atoms. The Morgan fingerprint density at radius 2 is 1.44 bits per heavy atom. The third kappa shape index (κ3) is 0.991. The van der Waals surface area contributed by atoms with E-state index in [4.69, 9.17) is 10.6 Å². The second-order valence-electron chi connectivity index (χ2n) is 3.35. The van der Waals surface area contributed by atoms with Crippen LogP contribution in [0.5, 0.6) is 0 Å². The molecule has 9 heavy (non-hydrogen) atoms. The molecule has 0 aromatic heterocycles. The van der Waals surface area contributed by atoms with Crippen molar-refractivity contribution in [2.24, 2.45) is 0 Å².